The number of rotatable bonds is 3. The highest BCUT2D eigenvalue weighted by molar-refractivity contribution is 7.20. The average Bonchev–Trinajstić information content (AvgIpc) is 3.07. The molecule has 4 aromatic rings. The molecule has 0 amide bonds. The van der Waals surface area contributed by atoms with Gasteiger partial charge in [0, 0.05) is 11.3 Å². The third-order valence-corrected chi connectivity index (χ3v) is 3.98. The Balaban J connectivity index is 1.65. The van der Waals surface area contributed by atoms with Gasteiger partial charge < -0.3 is 5.32 Å². The molecule has 0 radical (unpaired) electrons. The summed E-state index contributed by atoms with van der Waals surface area (Å²) in [5.41, 5.74) is 3.08. The van der Waals surface area contributed by atoms with E-state index in [-0.39, 0.29) is 0 Å². The number of imidazole rings is 1. The van der Waals surface area contributed by atoms with E-state index in [1.807, 2.05) is 59.2 Å². The standard InChI is InChI=1S/C16H12N4S/c1-3-7-12(8-4-1)14-11-20-16(18-14)21-15(19-20)17-13-9-5-2-6-10-13/h1-11H,(H,17,19). The van der Waals surface area contributed by atoms with Crippen molar-refractivity contribution in [2.24, 2.45) is 0 Å². The summed E-state index contributed by atoms with van der Waals surface area (Å²) in [6, 6.07) is 20.1. The predicted octanol–water partition coefficient (Wildman–Crippen LogP) is 4.20. The van der Waals surface area contributed by atoms with Crippen molar-refractivity contribution in [3.8, 4) is 11.3 Å². The fourth-order valence-electron chi connectivity index (χ4n) is 2.14. The van der Waals surface area contributed by atoms with Crippen molar-refractivity contribution in [2.45, 2.75) is 0 Å². The zero-order chi connectivity index (χ0) is 14.1. The lowest BCUT2D eigenvalue weighted by molar-refractivity contribution is 0.978. The van der Waals surface area contributed by atoms with Gasteiger partial charge in [0.2, 0.25) is 10.1 Å². The molecule has 2 aromatic carbocycles. The summed E-state index contributed by atoms with van der Waals surface area (Å²) in [6.45, 7) is 0. The van der Waals surface area contributed by atoms with Gasteiger partial charge in [-0.05, 0) is 12.1 Å². The highest BCUT2D eigenvalue weighted by Gasteiger charge is 2.09. The lowest BCUT2D eigenvalue weighted by atomic mass is 10.2. The smallest absolute Gasteiger partial charge is 0.214 e. The van der Waals surface area contributed by atoms with Crippen molar-refractivity contribution in [1.82, 2.24) is 14.6 Å². The molecule has 0 aliphatic rings. The molecule has 4 nitrogen and oxygen atoms in total. The number of nitrogens with one attached hydrogen (secondary N) is 1. The number of anilines is 2. The monoisotopic (exact) mass is 292 g/mol. The number of benzene rings is 2. The van der Waals surface area contributed by atoms with Crippen LogP contribution in [0.3, 0.4) is 0 Å². The third-order valence-electron chi connectivity index (χ3n) is 3.14. The highest BCUT2D eigenvalue weighted by atomic mass is 32.1. The van der Waals surface area contributed by atoms with Gasteiger partial charge in [0.15, 0.2) is 0 Å². The molecule has 0 aliphatic heterocycles. The van der Waals surface area contributed by atoms with Gasteiger partial charge in [-0.2, -0.15) is 0 Å². The summed E-state index contributed by atoms with van der Waals surface area (Å²) in [6.07, 6.45) is 1.96. The molecule has 102 valence electrons. The molecule has 2 aromatic heterocycles. The molecule has 1 N–H and O–H groups in total. The Morgan fingerprint density at radius 1 is 0.905 bits per heavy atom. The van der Waals surface area contributed by atoms with Gasteiger partial charge in [0.05, 0.1) is 11.9 Å². The second kappa shape index (κ2) is 5.03. The van der Waals surface area contributed by atoms with E-state index < -0.39 is 0 Å². The number of hydrogen-bond donors (Lipinski definition) is 1. The van der Waals surface area contributed by atoms with Gasteiger partial charge in [-0.1, -0.05) is 59.9 Å². The Kier molecular flexibility index (Phi) is 2.90. The second-order valence-corrected chi connectivity index (χ2v) is 5.57. The topological polar surface area (TPSA) is 42.2 Å². The van der Waals surface area contributed by atoms with Gasteiger partial charge in [-0.25, -0.2) is 9.50 Å². The van der Waals surface area contributed by atoms with Crippen molar-refractivity contribution in [3.05, 3.63) is 66.9 Å². The van der Waals surface area contributed by atoms with Crippen LogP contribution in [0.4, 0.5) is 10.8 Å². The fraction of sp³-hybridized carbons (Fsp3) is 0. The number of para-hydroxylation sites is 1. The summed E-state index contributed by atoms with van der Waals surface area (Å²) in [4.78, 5) is 5.51. The van der Waals surface area contributed by atoms with Crippen LogP contribution in [0.1, 0.15) is 0 Å². The summed E-state index contributed by atoms with van der Waals surface area (Å²) in [5.74, 6) is 0. The van der Waals surface area contributed by atoms with Gasteiger partial charge >= 0.3 is 0 Å². The van der Waals surface area contributed by atoms with E-state index in [2.05, 4.69) is 27.5 Å². The molecule has 0 fully saturated rings. The van der Waals surface area contributed by atoms with Crippen LogP contribution in [0.25, 0.3) is 16.2 Å². The molecule has 0 saturated heterocycles. The van der Waals surface area contributed by atoms with Crippen LogP contribution in [0.5, 0.6) is 0 Å². The van der Waals surface area contributed by atoms with Gasteiger partial charge in [-0.3, -0.25) is 0 Å². The molecule has 0 bridgehead atoms. The molecule has 0 aliphatic carbocycles. The minimum Gasteiger partial charge on any atom is -0.330 e. The molecule has 0 atom stereocenters. The molecule has 2 heterocycles. The van der Waals surface area contributed by atoms with E-state index in [4.69, 9.17) is 0 Å². The summed E-state index contributed by atoms with van der Waals surface area (Å²) in [5, 5.41) is 8.64. The molecular weight excluding hydrogens is 280 g/mol. The zero-order valence-electron chi connectivity index (χ0n) is 11.1. The van der Waals surface area contributed by atoms with E-state index in [1.54, 1.807) is 0 Å². The van der Waals surface area contributed by atoms with Crippen molar-refractivity contribution < 1.29 is 0 Å². The summed E-state index contributed by atoms with van der Waals surface area (Å²) < 4.78 is 1.82. The molecule has 4 rings (SSSR count). The number of fused-ring (bicyclic) bond motifs is 1. The zero-order valence-corrected chi connectivity index (χ0v) is 11.9. The Hall–Kier alpha value is -2.66. The van der Waals surface area contributed by atoms with Gasteiger partial charge in [-0.15, -0.1) is 5.10 Å². The predicted molar refractivity (Wildman–Crippen MR) is 86.0 cm³/mol. The Labute approximate surface area is 125 Å². The second-order valence-electron chi connectivity index (χ2n) is 4.62. The Morgan fingerprint density at radius 3 is 2.33 bits per heavy atom. The number of nitrogens with zero attached hydrogens (tertiary/aromatic N) is 3. The van der Waals surface area contributed by atoms with Crippen LogP contribution in [-0.2, 0) is 0 Å². The maximum absolute atomic E-state index is 4.62. The lowest BCUT2D eigenvalue weighted by Crippen LogP contribution is -1.90. The van der Waals surface area contributed by atoms with E-state index in [0.717, 1.165) is 27.0 Å². The van der Waals surface area contributed by atoms with Crippen molar-refractivity contribution in [1.29, 1.82) is 0 Å². The molecule has 0 spiro atoms. The Bertz CT molecular complexity index is 834. The maximum atomic E-state index is 4.62. The van der Waals surface area contributed by atoms with Crippen molar-refractivity contribution in [3.63, 3.8) is 0 Å². The van der Waals surface area contributed by atoms with E-state index in [1.165, 1.54) is 11.3 Å². The largest absolute Gasteiger partial charge is 0.330 e. The normalized spacial score (nSPS) is 10.9. The first-order valence-electron chi connectivity index (χ1n) is 6.62. The number of aromatic nitrogens is 3. The maximum Gasteiger partial charge on any atom is 0.214 e. The van der Waals surface area contributed by atoms with E-state index in [0.29, 0.717) is 0 Å². The van der Waals surface area contributed by atoms with Crippen LogP contribution in [-0.4, -0.2) is 14.6 Å². The minimum atomic E-state index is 0.836. The first kappa shape index (κ1) is 12.1. The first-order chi connectivity index (χ1) is 10.4. The van der Waals surface area contributed by atoms with Gasteiger partial charge in [0.1, 0.15) is 0 Å². The fourth-order valence-corrected chi connectivity index (χ4v) is 2.95. The SMILES string of the molecule is c1ccc(Nc2nn3cc(-c4ccccc4)nc3s2)cc1. The molecule has 21 heavy (non-hydrogen) atoms. The molecule has 0 unspecified atom stereocenters. The lowest BCUT2D eigenvalue weighted by Gasteiger charge is -1.99. The van der Waals surface area contributed by atoms with E-state index in [9.17, 15) is 0 Å². The highest BCUT2D eigenvalue weighted by Crippen LogP contribution is 2.26. The van der Waals surface area contributed by atoms with Crippen LogP contribution in [0.2, 0.25) is 0 Å². The number of hydrogen-bond acceptors (Lipinski definition) is 4. The third kappa shape index (κ3) is 2.39. The van der Waals surface area contributed by atoms with Crippen LogP contribution < -0.4 is 5.32 Å². The van der Waals surface area contributed by atoms with Crippen molar-refractivity contribution in [2.75, 3.05) is 5.32 Å². The van der Waals surface area contributed by atoms with E-state index >= 15 is 0 Å². The van der Waals surface area contributed by atoms with Crippen LogP contribution in [0.15, 0.2) is 66.9 Å². The Morgan fingerprint density at radius 2 is 1.62 bits per heavy atom. The molecule has 0 saturated carbocycles. The molecular formula is C16H12N4S. The molecule has 5 heteroatoms. The quantitative estimate of drug-likeness (QED) is 0.615. The summed E-state index contributed by atoms with van der Waals surface area (Å²) in [7, 11) is 0. The van der Waals surface area contributed by atoms with Crippen LogP contribution >= 0.6 is 11.3 Å². The van der Waals surface area contributed by atoms with Crippen molar-refractivity contribution >= 4 is 27.1 Å². The summed E-state index contributed by atoms with van der Waals surface area (Å²) >= 11 is 1.54. The van der Waals surface area contributed by atoms with Crippen LogP contribution in [0, 0.1) is 0 Å². The van der Waals surface area contributed by atoms with Gasteiger partial charge in [0.25, 0.3) is 0 Å². The minimum absolute atomic E-state index is 0.836. The first-order valence-corrected chi connectivity index (χ1v) is 7.44. The average molecular weight is 292 g/mol.